The zero-order chi connectivity index (χ0) is 16.5. The van der Waals surface area contributed by atoms with Crippen LogP contribution in [0.4, 0.5) is 0 Å². The Morgan fingerprint density at radius 3 is 2.71 bits per heavy atom. The van der Waals surface area contributed by atoms with Crippen molar-refractivity contribution in [3.8, 4) is 0 Å². The lowest BCUT2D eigenvalue weighted by Gasteiger charge is -2.32. The minimum Gasteiger partial charge on any atom is -0.439 e. The molecule has 1 aliphatic carbocycles. The van der Waals surface area contributed by atoms with E-state index in [9.17, 15) is 4.79 Å². The number of aromatic nitrogens is 1. The van der Waals surface area contributed by atoms with Gasteiger partial charge in [-0.3, -0.25) is 9.69 Å². The first-order valence-corrected chi connectivity index (χ1v) is 9.13. The van der Waals surface area contributed by atoms with Gasteiger partial charge in [-0.1, -0.05) is 31.4 Å². The number of primary amides is 1. The van der Waals surface area contributed by atoms with Gasteiger partial charge in [-0.2, -0.15) is 0 Å². The minimum atomic E-state index is -0.218. The number of hydrogen-bond donors (Lipinski definition) is 1. The molecule has 24 heavy (non-hydrogen) atoms. The Labute approximate surface area is 142 Å². The van der Waals surface area contributed by atoms with Crippen LogP contribution in [0, 0.1) is 5.92 Å². The second kappa shape index (κ2) is 6.55. The summed E-state index contributed by atoms with van der Waals surface area (Å²) in [6.07, 6.45) is 8.12. The van der Waals surface area contributed by atoms with E-state index in [0.717, 1.165) is 36.4 Å². The topological polar surface area (TPSA) is 72.4 Å². The number of nitrogens with zero attached hydrogens (tertiary/aromatic N) is 2. The highest BCUT2D eigenvalue weighted by Gasteiger charge is 2.41. The van der Waals surface area contributed by atoms with Crippen molar-refractivity contribution in [1.29, 1.82) is 0 Å². The predicted octanol–water partition coefficient (Wildman–Crippen LogP) is 3.40. The molecule has 2 heterocycles. The maximum Gasteiger partial charge on any atom is 0.234 e. The Balaban J connectivity index is 1.60. The molecule has 1 aromatic carbocycles. The van der Waals surface area contributed by atoms with E-state index < -0.39 is 0 Å². The van der Waals surface area contributed by atoms with Gasteiger partial charge in [-0.15, -0.1) is 0 Å². The van der Waals surface area contributed by atoms with E-state index in [2.05, 4.69) is 9.88 Å². The molecule has 1 saturated carbocycles. The number of oxazole rings is 1. The second-order valence-corrected chi connectivity index (χ2v) is 7.23. The van der Waals surface area contributed by atoms with Gasteiger partial charge in [0.25, 0.3) is 0 Å². The summed E-state index contributed by atoms with van der Waals surface area (Å²) >= 11 is 0. The largest absolute Gasteiger partial charge is 0.439 e. The van der Waals surface area contributed by atoms with Crippen molar-refractivity contribution < 1.29 is 9.21 Å². The van der Waals surface area contributed by atoms with Gasteiger partial charge < -0.3 is 10.2 Å². The summed E-state index contributed by atoms with van der Waals surface area (Å²) in [6, 6.07) is 7.71. The van der Waals surface area contributed by atoms with Crippen LogP contribution >= 0.6 is 0 Å². The van der Waals surface area contributed by atoms with Crippen molar-refractivity contribution in [3.05, 3.63) is 30.2 Å². The third kappa shape index (κ3) is 2.93. The number of fused-ring (bicyclic) bond motifs is 1. The van der Waals surface area contributed by atoms with Crippen molar-refractivity contribution in [2.45, 2.75) is 57.0 Å². The smallest absolute Gasteiger partial charge is 0.234 e. The van der Waals surface area contributed by atoms with Crippen LogP contribution in [0.2, 0.25) is 0 Å². The number of para-hydroxylation sites is 2. The molecule has 0 radical (unpaired) electrons. The molecule has 2 N–H and O–H groups in total. The molecule has 1 saturated heterocycles. The normalized spacial score (nSPS) is 26.2. The van der Waals surface area contributed by atoms with Crippen molar-refractivity contribution >= 4 is 17.0 Å². The number of rotatable bonds is 4. The predicted molar refractivity (Wildman–Crippen MR) is 92.2 cm³/mol. The molecule has 128 valence electrons. The van der Waals surface area contributed by atoms with Gasteiger partial charge in [-0.25, -0.2) is 4.98 Å². The maximum atomic E-state index is 11.9. The van der Waals surface area contributed by atoms with E-state index in [1.54, 1.807) is 0 Å². The van der Waals surface area contributed by atoms with Crippen LogP contribution in [0.5, 0.6) is 0 Å². The monoisotopic (exact) mass is 327 g/mol. The molecule has 5 nitrogen and oxygen atoms in total. The van der Waals surface area contributed by atoms with Gasteiger partial charge in [0.2, 0.25) is 11.8 Å². The van der Waals surface area contributed by atoms with E-state index in [4.69, 9.17) is 10.2 Å². The van der Waals surface area contributed by atoms with E-state index in [1.165, 1.54) is 32.1 Å². The van der Waals surface area contributed by atoms with Crippen molar-refractivity contribution in [3.63, 3.8) is 0 Å². The first kappa shape index (κ1) is 15.6. The SMILES string of the molecule is NC(=O)C1CC[C@@H](c2nc3ccccc3o2)N1CC1CCCCC1. The van der Waals surface area contributed by atoms with Crippen LogP contribution in [0.25, 0.3) is 11.1 Å². The Morgan fingerprint density at radius 1 is 1.17 bits per heavy atom. The Bertz CT molecular complexity index is 687. The first-order chi connectivity index (χ1) is 11.7. The molecule has 1 aliphatic heterocycles. The quantitative estimate of drug-likeness (QED) is 0.934. The van der Waals surface area contributed by atoms with E-state index in [1.807, 2.05) is 24.3 Å². The average molecular weight is 327 g/mol. The summed E-state index contributed by atoms with van der Waals surface area (Å²) in [5.41, 5.74) is 7.37. The molecule has 2 atom stereocenters. The van der Waals surface area contributed by atoms with E-state index in [0.29, 0.717) is 5.92 Å². The van der Waals surface area contributed by atoms with Gasteiger partial charge in [0.05, 0.1) is 12.1 Å². The summed E-state index contributed by atoms with van der Waals surface area (Å²) < 4.78 is 5.99. The first-order valence-electron chi connectivity index (χ1n) is 9.13. The molecule has 4 rings (SSSR count). The maximum absolute atomic E-state index is 11.9. The van der Waals surface area contributed by atoms with Gasteiger partial charge in [-0.05, 0) is 43.7 Å². The van der Waals surface area contributed by atoms with Crippen LogP contribution in [0.1, 0.15) is 56.9 Å². The lowest BCUT2D eigenvalue weighted by Crippen LogP contribution is -2.43. The molecule has 2 aliphatic rings. The number of likely N-dealkylation sites (tertiary alicyclic amines) is 1. The van der Waals surface area contributed by atoms with Crippen LogP contribution in [0.3, 0.4) is 0 Å². The van der Waals surface area contributed by atoms with E-state index >= 15 is 0 Å². The summed E-state index contributed by atoms with van der Waals surface area (Å²) in [5, 5.41) is 0. The highest BCUT2D eigenvalue weighted by molar-refractivity contribution is 5.80. The van der Waals surface area contributed by atoms with Crippen molar-refractivity contribution in [1.82, 2.24) is 9.88 Å². The van der Waals surface area contributed by atoms with E-state index in [-0.39, 0.29) is 18.0 Å². The summed E-state index contributed by atoms with van der Waals surface area (Å²) in [4.78, 5) is 18.9. The minimum absolute atomic E-state index is 0.0665. The summed E-state index contributed by atoms with van der Waals surface area (Å²) in [6.45, 7) is 0.928. The lowest BCUT2D eigenvalue weighted by molar-refractivity contribution is -0.123. The third-order valence-electron chi connectivity index (χ3n) is 5.63. The molecule has 0 spiro atoms. The molecule has 2 fully saturated rings. The Hall–Kier alpha value is -1.88. The molecular weight excluding hydrogens is 302 g/mol. The van der Waals surface area contributed by atoms with Crippen molar-refractivity contribution in [2.24, 2.45) is 11.7 Å². The summed E-state index contributed by atoms with van der Waals surface area (Å²) in [7, 11) is 0. The molecule has 0 bridgehead atoms. The van der Waals surface area contributed by atoms with Gasteiger partial charge in [0.15, 0.2) is 5.58 Å². The molecule has 1 aromatic heterocycles. The van der Waals surface area contributed by atoms with Crippen molar-refractivity contribution in [2.75, 3.05) is 6.54 Å². The van der Waals surface area contributed by atoms with Crippen LogP contribution < -0.4 is 5.73 Å². The van der Waals surface area contributed by atoms with Gasteiger partial charge >= 0.3 is 0 Å². The highest BCUT2D eigenvalue weighted by Crippen LogP contribution is 2.39. The van der Waals surface area contributed by atoms with Crippen LogP contribution in [0.15, 0.2) is 28.7 Å². The fourth-order valence-corrected chi connectivity index (χ4v) is 4.39. The van der Waals surface area contributed by atoms with Gasteiger partial charge in [0.1, 0.15) is 5.52 Å². The standard InChI is InChI=1S/C19H25N3O2/c20-18(23)15-10-11-16(22(15)12-13-6-2-1-3-7-13)19-21-14-8-4-5-9-17(14)24-19/h4-5,8-9,13,15-16H,1-3,6-7,10-12H2,(H2,20,23)/t15?,16-/m0/s1. The van der Waals surface area contributed by atoms with Crippen LogP contribution in [-0.4, -0.2) is 28.4 Å². The highest BCUT2D eigenvalue weighted by atomic mass is 16.3. The zero-order valence-electron chi connectivity index (χ0n) is 14.0. The molecule has 1 amide bonds. The fourth-order valence-electron chi connectivity index (χ4n) is 4.39. The molecular formula is C19H25N3O2. The molecule has 5 heteroatoms. The third-order valence-corrected chi connectivity index (χ3v) is 5.63. The lowest BCUT2D eigenvalue weighted by atomic mass is 9.88. The molecule has 2 aromatic rings. The summed E-state index contributed by atoms with van der Waals surface area (Å²) in [5.74, 6) is 1.17. The zero-order valence-corrected chi connectivity index (χ0v) is 14.0. The Kier molecular flexibility index (Phi) is 4.27. The average Bonchev–Trinajstić information content (AvgIpc) is 3.19. The number of carbonyl (C=O) groups is 1. The number of amides is 1. The number of nitrogens with two attached hydrogens (primary N) is 1. The number of hydrogen-bond acceptors (Lipinski definition) is 4. The Morgan fingerprint density at radius 2 is 1.96 bits per heavy atom. The molecule has 1 unspecified atom stereocenters. The van der Waals surface area contributed by atoms with Crippen LogP contribution in [-0.2, 0) is 4.79 Å². The fraction of sp³-hybridized carbons (Fsp3) is 0.579. The number of carbonyl (C=O) groups excluding carboxylic acids is 1. The second-order valence-electron chi connectivity index (χ2n) is 7.23. The van der Waals surface area contributed by atoms with Gasteiger partial charge in [0, 0.05) is 6.54 Å². The number of benzene rings is 1.